The fraction of sp³-hybridized carbons (Fsp3) is 0. The van der Waals surface area contributed by atoms with Crippen LogP contribution in [0.25, 0.3) is 0 Å². The predicted molar refractivity (Wildman–Crippen MR) is 64.1 cm³/mol. The summed E-state index contributed by atoms with van der Waals surface area (Å²) in [5.74, 6) is -0.480. The van der Waals surface area contributed by atoms with Crippen LogP contribution in [0.2, 0.25) is 0 Å². The summed E-state index contributed by atoms with van der Waals surface area (Å²) in [4.78, 5) is 19.4. The second-order valence-electron chi connectivity index (χ2n) is 3.18. The fourth-order valence-corrected chi connectivity index (χ4v) is 1.55. The molecule has 0 bridgehead atoms. The minimum Gasteiger partial charge on any atom is -0.307 e. The largest absolute Gasteiger partial charge is 0.307 e. The van der Waals surface area contributed by atoms with Crippen LogP contribution in [0.5, 0.6) is 0 Å². The fourth-order valence-electron chi connectivity index (χ4n) is 1.18. The number of hydrogen-bond donors (Lipinski definition) is 1. The zero-order valence-corrected chi connectivity index (χ0v) is 10.1. The molecule has 4 nitrogen and oxygen atoms in total. The Morgan fingerprint density at radius 2 is 2.12 bits per heavy atom. The Morgan fingerprint density at radius 3 is 2.76 bits per heavy atom. The van der Waals surface area contributed by atoms with Crippen molar-refractivity contribution < 1.29 is 9.18 Å². The zero-order valence-electron chi connectivity index (χ0n) is 8.52. The maximum absolute atomic E-state index is 12.6. The van der Waals surface area contributed by atoms with Gasteiger partial charge in [0, 0.05) is 11.8 Å². The molecule has 0 unspecified atom stereocenters. The van der Waals surface area contributed by atoms with E-state index in [-0.39, 0.29) is 5.91 Å². The minimum absolute atomic E-state index is 0.296. The first kappa shape index (κ1) is 11.7. The average Bonchev–Trinajstić information content (AvgIpc) is 2.32. The molecule has 2 heterocycles. The summed E-state index contributed by atoms with van der Waals surface area (Å²) < 4.78 is 13.2. The van der Waals surface area contributed by atoms with Crippen molar-refractivity contribution in [2.45, 2.75) is 0 Å². The van der Waals surface area contributed by atoms with E-state index < -0.39 is 5.82 Å². The predicted octanol–water partition coefficient (Wildman–Crippen LogP) is 2.63. The Labute approximate surface area is 105 Å². The number of nitrogens with zero attached hydrogens (tertiary/aromatic N) is 2. The van der Waals surface area contributed by atoms with Gasteiger partial charge in [0.2, 0.25) is 0 Å². The molecule has 0 fully saturated rings. The van der Waals surface area contributed by atoms with Gasteiger partial charge in [0.15, 0.2) is 0 Å². The number of anilines is 1. The molecular formula is C11H7BrFN3O. The number of carbonyl (C=O) groups excluding carboxylic acids is 1. The lowest BCUT2D eigenvalue weighted by Crippen LogP contribution is -2.13. The number of carbonyl (C=O) groups is 1. The van der Waals surface area contributed by atoms with Crippen molar-refractivity contribution >= 4 is 27.7 Å². The smallest absolute Gasteiger partial charge is 0.256 e. The molecule has 17 heavy (non-hydrogen) atoms. The van der Waals surface area contributed by atoms with Crippen molar-refractivity contribution in [3.8, 4) is 0 Å². The summed E-state index contributed by atoms with van der Waals surface area (Å²) >= 11 is 3.17. The summed E-state index contributed by atoms with van der Waals surface area (Å²) in [5.41, 5.74) is 0.443. The molecule has 1 N–H and O–H groups in total. The molecular weight excluding hydrogens is 289 g/mol. The Balaban J connectivity index is 2.14. The molecule has 0 aromatic carbocycles. The van der Waals surface area contributed by atoms with Gasteiger partial charge in [0.25, 0.3) is 5.91 Å². The maximum atomic E-state index is 12.6. The van der Waals surface area contributed by atoms with E-state index in [1.165, 1.54) is 18.3 Å². The van der Waals surface area contributed by atoms with E-state index in [2.05, 4.69) is 31.2 Å². The third kappa shape index (κ3) is 3.07. The monoisotopic (exact) mass is 295 g/mol. The molecule has 0 aliphatic heterocycles. The van der Waals surface area contributed by atoms with Crippen molar-refractivity contribution in [2.75, 3.05) is 5.32 Å². The number of aromatic nitrogens is 2. The molecule has 0 atom stereocenters. The molecule has 1 amide bonds. The van der Waals surface area contributed by atoms with Gasteiger partial charge in [0.05, 0.1) is 6.20 Å². The lowest BCUT2D eigenvalue weighted by atomic mass is 10.2. The molecule has 2 rings (SSSR count). The van der Waals surface area contributed by atoms with Crippen LogP contribution in [-0.2, 0) is 0 Å². The van der Waals surface area contributed by atoms with E-state index >= 15 is 0 Å². The van der Waals surface area contributed by atoms with Crippen molar-refractivity contribution in [1.82, 2.24) is 9.97 Å². The molecule has 0 aliphatic rings. The van der Waals surface area contributed by atoms with Crippen LogP contribution in [0, 0.1) is 5.82 Å². The number of halogens is 2. The first-order valence-electron chi connectivity index (χ1n) is 4.69. The first-order valence-corrected chi connectivity index (χ1v) is 5.49. The summed E-state index contributed by atoms with van der Waals surface area (Å²) in [5, 5.41) is 2.55. The van der Waals surface area contributed by atoms with E-state index in [0.717, 1.165) is 6.20 Å². The van der Waals surface area contributed by atoms with Gasteiger partial charge in [-0.1, -0.05) is 0 Å². The third-order valence-corrected chi connectivity index (χ3v) is 2.39. The number of hydrogen-bond acceptors (Lipinski definition) is 3. The Hall–Kier alpha value is -1.82. The third-order valence-electron chi connectivity index (χ3n) is 1.96. The van der Waals surface area contributed by atoms with E-state index in [1.54, 1.807) is 12.1 Å². The zero-order chi connectivity index (χ0) is 12.3. The van der Waals surface area contributed by atoms with Crippen LogP contribution in [-0.4, -0.2) is 15.9 Å². The van der Waals surface area contributed by atoms with Gasteiger partial charge in [-0.25, -0.2) is 14.4 Å². The molecule has 2 aromatic rings. The molecule has 0 saturated heterocycles. The average molecular weight is 296 g/mol. The van der Waals surface area contributed by atoms with Gasteiger partial charge in [-0.05, 0) is 40.2 Å². The van der Waals surface area contributed by atoms with Crippen molar-refractivity contribution in [3.05, 3.63) is 52.6 Å². The van der Waals surface area contributed by atoms with E-state index in [9.17, 15) is 9.18 Å². The van der Waals surface area contributed by atoms with Crippen LogP contribution < -0.4 is 5.32 Å². The van der Waals surface area contributed by atoms with Gasteiger partial charge in [0.1, 0.15) is 16.2 Å². The Morgan fingerprint density at radius 1 is 1.29 bits per heavy atom. The highest BCUT2D eigenvalue weighted by Gasteiger charge is 2.07. The highest BCUT2D eigenvalue weighted by atomic mass is 79.9. The topological polar surface area (TPSA) is 54.9 Å². The van der Waals surface area contributed by atoms with Crippen LogP contribution in [0.15, 0.2) is 41.3 Å². The molecule has 0 spiro atoms. The van der Waals surface area contributed by atoms with E-state index in [1.807, 2.05) is 0 Å². The quantitative estimate of drug-likeness (QED) is 0.867. The van der Waals surface area contributed by atoms with Crippen LogP contribution in [0.1, 0.15) is 10.4 Å². The molecule has 0 radical (unpaired) electrons. The van der Waals surface area contributed by atoms with Crippen molar-refractivity contribution in [2.24, 2.45) is 0 Å². The summed E-state index contributed by atoms with van der Waals surface area (Å²) in [6.45, 7) is 0. The highest BCUT2D eigenvalue weighted by Crippen LogP contribution is 2.10. The van der Waals surface area contributed by atoms with E-state index in [0.29, 0.717) is 16.0 Å². The molecule has 0 saturated carbocycles. The Kier molecular flexibility index (Phi) is 3.43. The number of pyridine rings is 2. The SMILES string of the molecule is O=C(Nc1ccc(F)cn1)c1ccnc(Br)c1. The maximum Gasteiger partial charge on any atom is 0.256 e. The second kappa shape index (κ2) is 5.01. The lowest BCUT2D eigenvalue weighted by Gasteiger charge is -2.04. The summed E-state index contributed by atoms with van der Waals surface area (Å²) in [6.07, 6.45) is 2.55. The summed E-state index contributed by atoms with van der Waals surface area (Å²) in [6, 6.07) is 5.77. The lowest BCUT2D eigenvalue weighted by molar-refractivity contribution is 0.102. The van der Waals surface area contributed by atoms with Gasteiger partial charge in [-0.3, -0.25) is 4.79 Å². The van der Waals surface area contributed by atoms with Crippen molar-refractivity contribution in [3.63, 3.8) is 0 Å². The number of rotatable bonds is 2. The highest BCUT2D eigenvalue weighted by molar-refractivity contribution is 9.10. The van der Waals surface area contributed by atoms with Gasteiger partial charge >= 0.3 is 0 Å². The van der Waals surface area contributed by atoms with Gasteiger partial charge in [-0.2, -0.15) is 0 Å². The van der Waals surface area contributed by atoms with Crippen LogP contribution >= 0.6 is 15.9 Å². The first-order chi connectivity index (χ1) is 8.15. The summed E-state index contributed by atoms with van der Waals surface area (Å²) in [7, 11) is 0. The van der Waals surface area contributed by atoms with Crippen LogP contribution in [0.3, 0.4) is 0 Å². The molecule has 86 valence electrons. The number of nitrogens with one attached hydrogen (secondary N) is 1. The molecule has 2 aromatic heterocycles. The van der Waals surface area contributed by atoms with Gasteiger partial charge in [-0.15, -0.1) is 0 Å². The van der Waals surface area contributed by atoms with E-state index in [4.69, 9.17) is 0 Å². The standard InChI is InChI=1S/C11H7BrFN3O/c12-9-5-7(3-4-14-9)11(17)16-10-2-1-8(13)6-15-10/h1-6H,(H,15,16,17). The van der Waals surface area contributed by atoms with Crippen LogP contribution in [0.4, 0.5) is 10.2 Å². The minimum atomic E-state index is -0.449. The normalized spacial score (nSPS) is 10.0. The van der Waals surface area contributed by atoms with Gasteiger partial charge < -0.3 is 5.32 Å². The second-order valence-corrected chi connectivity index (χ2v) is 4.00. The molecule has 0 aliphatic carbocycles. The van der Waals surface area contributed by atoms with Crippen molar-refractivity contribution in [1.29, 1.82) is 0 Å². The molecule has 6 heteroatoms. The number of amides is 1. The Bertz CT molecular complexity index is 545.